The van der Waals surface area contributed by atoms with Crippen molar-refractivity contribution in [3.8, 4) is 5.75 Å². The minimum absolute atomic E-state index is 0.0597. The third-order valence-electron chi connectivity index (χ3n) is 4.14. The van der Waals surface area contributed by atoms with Gasteiger partial charge in [0.25, 0.3) is 0 Å². The van der Waals surface area contributed by atoms with Crippen molar-refractivity contribution in [2.45, 2.75) is 26.3 Å². The number of hydrogen-bond acceptors (Lipinski definition) is 4. The third kappa shape index (κ3) is 4.61. The number of rotatable bonds is 5. The maximum Gasteiger partial charge on any atom is 0.313 e. The first-order chi connectivity index (χ1) is 13.3. The molecule has 28 heavy (non-hydrogen) atoms. The van der Waals surface area contributed by atoms with Crippen LogP contribution in [0, 0.1) is 6.92 Å². The Morgan fingerprint density at radius 2 is 1.82 bits per heavy atom. The maximum atomic E-state index is 12.7. The summed E-state index contributed by atoms with van der Waals surface area (Å²) in [6, 6.07) is 13.8. The van der Waals surface area contributed by atoms with Gasteiger partial charge in [-0.2, -0.15) is 0 Å². The van der Waals surface area contributed by atoms with Crippen LogP contribution in [0.25, 0.3) is 10.9 Å². The van der Waals surface area contributed by atoms with Gasteiger partial charge in [-0.25, -0.2) is 4.98 Å². The van der Waals surface area contributed by atoms with E-state index in [1.54, 1.807) is 6.07 Å². The molecule has 1 heterocycles. The Morgan fingerprint density at radius 1 is 1.11 bits per heavy atom. The van der Waals surface area contributed by atoms with Crippen LogP contribution in [0.2, 0.25) is 10.0 Å². The highest BCUT2D eigenvalue weighted by molar-refractivity contribution is 6.39. The molecule has 0 aliphatic carbocycles. The van der Waals surface area contributed by atoms with Crippen LogP contribution in [0.15, 0.2) is 48.5 Å². The van der Waals surface area contributed by atoms with E-state index in [9.17, 15) is 9.59 Å². The lowest BCUT2D eigenvalue weighted by Gasteiger charge is -2.18. The Bertz CT molecular complexity index is 1040. The average Bonchev–Trinajstić information content (AvgIpc) is 2.64. The zero-order chi connectivity index (χ0) is 20.3. The number of hydrogen-bond donors (Lipinski definition) is 1. The van der Waals surface area contributed by atoms with Crippen molar-refractivity contribution in [3.63, 3.8) is 0 Å². The Balaban J connectivity index is 1.90. The number of aromatic nitrogens is 1. The third-order valence-corrected chi connectivity index (χ3v) is 4.74. The summed E-state index contributed by atoms with van der Waals surface area (Å²) in [5.74, 6) is -0.630. The minimum atomic E-state index is -0.545. The van der Waals surface area contributed by atoms with E-state index < -0.39 is 12.0 Å². The number of nitrogens with zero attached hydrogens (tertiary/aromatic N) is 1. The number of ether oxygens (including phenoxy) is 1. The lowest BCUT2D eigenvalue weighted by Crippen LogP contribution is -2.29. The Kier molecular flexibility index (Phi) is 6.17. The number of fused-ring (bicyclic) bond motifs is 1. The summed E-state index contributed by atoms with van der Waals surface area (Å²) in [6.45, 7) is 3.22. The van der Waals surface area contributed by atoms with Crippen LogP contribution in [0.3, 0.4) is 0 Å². The van der Waals surface area contributed by atoms with Crippen LogP contribution >= 0.6 is 23.2 Å². The monoisotopic (exact) mass is 416 g/mol. The van der Waals surface area contributed by atoms with Crippen LogP contribution in [0.4, 0.5) is 0 Å². The smallest absolute Gasteiger partial charge is 0.313 e. The normalized spacial score (nSPS) is 11.9. The van der Waals surface area contributed by atoms with Gasteiger partial charge in [-0.1, -0.05) is 53.5 Å². The molecule has 1 N–H and O–H groups in total. The standard InChI is InChI=1S/C21H18Cl2N2O3/c1-12-8-9-15-16(22)10-17(23)21(20(15)24-12)28-19(27)11-18(25-13(2)26)14-6-4-3-5-7-14/h3-10,18H,11H2,1-2H3,(H,25,26)/t18-/m1/s1. The average molecular weight is 417 g/mol. The van der Waals surface area contributed by atoms with Crippen molar-refractivity contribution in [2.75, 3.05) is 0 Å². The van der Waals surface area contributed by atoms with Gasteiger partial charge in [0.2, 0.25) is 5.91 Å². The molecule has 3 rings (SSSR count). The van der Waals surface area contributed by atoms with Gasteiger partial charge in [0.05, 0.1) is 22.5 Å². The zero-order valence-corrected chi connectivity index (χ0v) is 16.8. The van der Waals surface area contributed by atoms with E-state index in [4.69, 9.17) is 27.9 Å². The fourth-order valence-corrected chi connectivity index (χ4v) is 3.45. The second-order valence-electron chi connectivity index (χ2n) is 6.36. The van der Waals surface area contributed by atoms with E-state index in [-0.39, 0.29) is 23.1 Å². The molecular formula is C21H18Cl2N2O3. The lowest BCUT2D eigenvalue weighted by molar-refractivity contribution is -0.135. The molecule has 0 radical (unpaired) electrons. The number of esters is 1. The Hall–Kier alpha value is -2.63. The highest BCUT2D eigenvalue weighted by Crippen LogP contribution is 2.37. The number of halogens is 2. The predicted octanol–water partition coefficient (Wildman–Crippen LogP) is 5.02. The van der Waals surface area contributed by atoms with E-state index >= 15 is 0 Å². The molecular weight excluding hydrogens is 399 g/mol. The Labute approximate surface area is 172 Å². The molecule has 2 aromatic carbocycles. The van der Waals surface area contributed by atoms with E-state index in [1.807, 2.05) is 43.3 Å². The molecule has 144 valence electrons. The number of nitrogens with one attached hydrogen (secondary N) is 1. The summed E-state index contributed by atoms with van der Waals surface area (Å²) in [5.41, 5.74) is 1.96. The quantitative estimate of drug-likeness (QED) is 0.468. The lowest BCUT2D eigenvalue weighted by atomic mass is 10.0. The summed E-state index contributed by atoms with van der Waals surface area (Å²) in [5, 5.41) is 4.03. The topological polar surface area (TPSA) is 68.3 Å². The molecule has 0 fully saturated rings. The van der Waals surface area contributed by atoms with Crippen LogP contribution in [0.5, 0.6) is 5.75 Å². The summed E-state index contributed by atoms with van der Waals surface area (Å²) in [7, 11) is 0. The van der Waals surface area contributed by atoms with Crippen molar-refractivity contribution >= 4 is 46.0 Å². The molecule has 7 heteroatoms. The molecule has 0 saturated carbocycles. The number of aryl methyl sites for hydroxylation is 1. The molecule has 0 aliphatic heterocycles. The largest absolute Gasteiger partial charge is 0.423 e. The number of benzene rings is 2. The van der Waals surface area contributed by atoms with Gasteiger partial charge in [0.1, 0.15) is 5.52 Å². The number of pyridine rings is 1. The van der Waals surface area contributed by atoms with Crippen molar-refractivity contribution < 1.29 is 14.3 Å². The molecule has 0 bridgehead atoms. The number of amides is 1. The van der Waals surface area contributed by atoms with Gasteiger partial charge in [0.15, 0.2) is 5.75 Å². The van der Waals surface area contributed by atoms with Gasteiger partial charge in [-0.15, -0.1) is 0 Å². The molecule has 1 aromatic heterocycles. The molecule has 5 nitrogen and oxygen atoms in total. The molecule has 1 amide bonds. The maximum absolute atomic E-state index is 12.7. The van der Waals surface area contributed by atoms with Crippen LogP contribution in [-0.4, -0.2) is 16.9 Å². The second kappa shape index (κ2) is 8.59. The first kappa shape index (κ1) is 20.1. The fraction of sp³-hybridized carbons (Fsp3) is 0.190. The van der Waals surface area contributed by atoms with Crippen molar-refractivity contribution in [2.24, 2.45) is 0 Å². The van der Waals surface area contributed by atoms with Gasteiger partial charge < -0.3 is 10.1 Å². The minimum Gasteiger partial charge on any atom is -0.423 e. The second-order valence-corrected chi connectivity index (χ2v) is 7.17. The first-order valence-electron chi connectivity index (χ1n) is 8.63. The molecule has 0 spiro atoms. The van der Waals surface area contributed by atoms with E-state index in [0.717, 1.165) is 11.3 Å². The molecule has 0 aliphatic rings. The van der Waals surface area contributed by atoms with Crippen LogP contribution in [-0.2, 0) is 9.59 Å². The Morgan fingerprint density at radius 3 is 2.50 bits per heavy atom. The summed E-state index contributed by atoms with van der Waals surface area (Å²) >= 11 is 12.5. The molecule has 0 unspecified atom stereocenters. The predicted molar refractivity (Wildman–Crippen MR) is 110 cm³/mol. The summed E-state index contributed by atoms with van der Waals surface area (Å²) in [6.07, 6.45) is -0.0597. The van der Waals surface area contributed by atoms with E-state index in [2.05, 4.69) is 10.3 Å². The molecule has 3 aromatic rings. The van der Waals surface area contributed by atoms with E-state index in [0.29, 0.717) is 15.9 Å². The van der Waals surface area contributed by atoms with Gasteiger partial charge in [-0.05, 0) is 30.7 Å². The fourth-order valence-electron chi connectivity index (χ4n) is 2.89. The van der Waals surface area contributed by atoms with Crippen molar-refractivity contribution in [1.29, 1.82) is 0 Å². The van der Waals surface area contributed by atoms with Gasteiger partial charge in [-0.3, -0.25) is 9.59 Å². The van der Waals surface area contributed by atoms with Gasteiger partial charge in [0, 0.05) is 18.0 Å². The van der Waals surface area contributed by atoms with Crippen molar-refractivity contribution in [1.82, 2.24) is 10.3 Å². The summed E-state index contributed by atoms with van der Waals surface area (Å²) < 4.78 is 5.56. The summed E-state index contributed by atoms with van der Waals surface area (Å²) in [4.78, 5) is 28.6. The highest BCUT2D eigenvalue weighted by Gasteiger charge is 2.21. The van der Waals surface area contributed by atoms with Crippen LogP contribution < -0.4 is 10.1 Å². The number of carbonyl (C=O) groups is 2. The SMILES string of the molecule is CC(=O)N[C@H](CC(=O)Oc1c(Cl)cc(Cl)c2ccc(C)nc12)c1ccccc1. The van der Waals surface area contributed by atoms with Crippen LogP contribution in [0.1, 0.15) is 30.6 Å². The van der Waals surface area contributed by atoms with E-state index in [1.165, 1.54) is 13.0 Å². The van der Waals surface area contributed by atoms with Gasteiger partial charge >= 0.3 is 5.97 Å². The van der Waals surface area contributed by atoms with Crippen molar-refractivity contribution in [3.05, 3.63) is 69.8 Å². The molecule has 0 saturated heterocycles. The molecule has 1 atom stereocenters. The highest BCUT2D eigenvalue weighted by atomic mass is 35.5. The zero-order valence-electron chi connectivity index (χ0n) is 15.3. The number of carbonyl (C=O) groups excluding carboxylic acids is 2. The first-order valence-corrected chi connectivity index (χ1v) is 9.39.